The van der Waals surface area contributed by atoms with Crippen LogP contribution in [0.1, 0.15) is 12.8 Å². The first-order valence-electron chi connectivity index (χ1n) is 5.52. The summed E-state index contributed by atoms with van der Waals surface area (Å²) in [6.45, 7) is 1.21. The topological polar surface area (TPSA) is 74.2 Å². The zero-order chi connectivity index (χ0) is 13.2. The Hall–Kier alpha value is -1.01. The number of aromatic nitrogens is 1. The molecule has 0 saturated heterocycles. The third kappa shape index (κ3) is 3.49. The second kappa shape index (κ2) is 5.32. The van der Waals surface area contributed by atoms with Crippen LogP contribution in [0.4, 0.5) is 10.5 Å². The molecule has 0 bridgehead atoms. The van der Waals surface area contributed by atoms with Gasteiger partial charge in [-0.15, -0.1) is 0 Å². The highest BCUT2D eigenvalue weighted by Crippen LogP contribution is 2.45. The summed E-state index contributed by atoms with van der Waals surface area (Å²) >= 11 is 9.11. The van der Waals surface area contributed by atoms with Gasteiger partial charge < -0.3 is 15.7 Å². The summed E-state index contributed by atoms with van der Waals surface area (Å²) in [6.07, 6.45) is 2.75. The number of carbonyl (C=O) groups is 1. The Morgan fingerprint density at radius 1 is 1.56 bits per heavy atom. The van der Waals surface area contributed by atoms with Crippen molar-refractivity contribution in [2.24, 2.45) is 5.41 Å². The number of halogens is 2. The van der Waals surface area contributed by atoms with E-state index in [0.717, 1.165) is 29.5 Å². The minimum Gasteiger partial charge on any atom is -0.465 e. The molecule has 0 aliphatic heterocycles. The monoisotopic (exact) mass is 333 g/mol. The van der Waals surface area contributed by atoms with Crippen molar-refractivity contribution in [3.05, 3.63) is 21.9 Å². The van der Waals surface area contributed by atoms with Gasteiger partial charge in [0.25, 0.3) is 0 Å². The maximum Gasteiger partial charge on any atom is 0.404 e. The van der Waals surface area contributed by atoms with E-state index < -0.39 is 6.09 Å². The van der Waals surface area contributed by atoms with Gasteiger partial charge in [-0.3, -0.25) is 0 Å². The number of amides is 1. The van der Waals surface area contributed by atoms with Crippen molar-refractivity contribution in [2.75, 3.05) is 18.4 Å². The molecule has 0 radical (unpaired) electrons. The van der Waals surface area contributed by atoms with Crippen molar-refractivity contribution in [1.82, 2.24) is 10.3 Å². The lowest BCUT2D eigenvalue weighted by Gasteiger charge is -2.16. The third-order valence-electron chi connectivity index (χ3n) is 3.04. The normalized spacial score (nSPS) is 16.1. The van der Waals surface area contributed by atoms with Gasteiger partial charge in [-0.1, -0.05) is 11.6 Å². The lowest BCUT2D eigenvalue weighted by atomic mass is 10.1. The number of carboxylic acid groups (broad SMARTS) is 1. The average Bonchev–Trinajstić information content (AvgIpc) is 3.09. The van der Waals surface area contributed by atoms with E-state index in [1.54, 1.807) is 6.20 Å². The highest BCUT2D eigenvalue weighted by atomic mass is 79.9. The first-order valence-corrected chi connectivity index (χ1v) is 6.70. The SMILES string of the molecule is O=C(O)NCC1(CNc2cnc(Cl)c(Br)c2)CC1. The zero-order valence-corrected chi connectivity index (χ0v) is 11.9. The summed E-state index contributed by atoms with van der Waals surface area (Å²) in [6, 6.07) is 1.86. The molecular formula is C11H13BrClN3O2. The molecule has 3 N–H and O–H groups in total. The fourth-order valence-electron chi connectivity index (χ4n) is 1.66. The molecule has 1 aliphatic carbocycles. The predicted octanol–water partition coefficient (Wildman–Crippen LogP) is 2.96. The molecule has 1 saturated carbocycles. The van der Waals surface area contributed by atoms with Gasteiger partial charge in [0.2, 0.25) is 0 Å². The van der Waals surface area contributed by atoms with Crippen molar-refractivity contribution in [1.29, 1.82) is 0 Å². The summed E-state index contributed by atoms with van der Waals surface area (Å²) < 4.78 is 0.739. The van der Waals surface area contributed by atoms with Gasteiger partial charge in [-0.25, -0.2) is 9.78 Å². The molecule has 0 unspecified atom stereocenters. The molecule has 98 valence electrons. The van der Waals surface area contributed by atoms with Crippen molar-refractivity contribution >= 4 is 39.3 Å². The first kappa shape index (κ1) is 13.4. The van der Waals surface area contributed by atoms with Crippen LogP contribution < -0.4 is 10.6 Å². The second-order valence-corrected chi connectivity index (χ2v) is 5.72. The van der Waals surface area contributed by atoms with E-state index in [4.69, 9.17) is 16.7 Å². The lowest BCUT2D eigenvalue weighted by Crippen LogP contribution is -2.32. The minimum atomic E-state index is -0.975. The molecule has 1 aliphatic rings. The van der Waals surface area contributed by atoms with Crippen LogP contribution >= 0.6 is 27.5 Å². The highest BCUT2D eigenvalue weighted by Gasteiger charge is 2.42. The van der Waals surface area contributed by atoms with Gasteiger partial charge in [0.15, 0.2) is 0 Å². The Kier molecular flexibility index (Phi) is 3.97. The van der Waals surface area contributed by atoms with Crippen molar-refractivity contribution in [2.45, 2.75) is 12.8 Å². The summed E-state index contributed by atoms with van der Waals surface area (Å²) in [4.78, 5) is 14.5. The quantitative estimate of drug-likeness (QED) is 0.724. The van der Waals surface area contributed by atoms with Gasteiger partial charge >= 0.3 is 6.09 Å². The fourth-order valence-corrected chi connectivity index (χ4v) is 2.12. The largest absolute Gasteiger partial charge is 0.465 e. The van der Waals surface area contributed by atoms with E-state index in [9.17, 15) is 4.79 Å². The van der Waals surface area contributed by atoms with E-state index in [1.165, 1.54) is 0 Å². The van der Waals surface area contributed by atoms with Crippen LogP contribution in [0.2, 0.25) is 5.15 Å². The fraction of sp³-hybridized carbons (Fsp3) is 0.455. The number of pyridine rings is 1. The molecule has 5 nitrogen and oxygen atoms in total. The van der Waals surface area contributed by atoms with Crippen molar-refractivity contribution in [3.8, 4) is 0 Å². The number of hydrogen-bond acceptors (Lipinski definition) is 3. The number of nitrogens with one attached hydrogen (secondary N) is 2. The Balaban J connectivity index is 1.87. The molecule has 1 fully saturated rings. The maximum absolute atomic E-state index is 10.5. The molecule has 0 aromatic carbocycles. The summed E-state index contributed by atoms with van der Waals surface area (Å²) in [7, 11) is 0. The van der Waals surface area contributed by atoms with Crippen molar-refractivity contribution in [3.63, 3.8) is 0 Å². The number of anilines is 1. The molecule has 0 atom stereocenters. The molecule has 7 heteroatoms. The van der Waals surface area contributed by atoms with E-state index in [2.05, 4.69) is 31.5 Å². The molecule has 1 aromatic rings. The summed E-state index contributed by atoms with van der Waals surface area (Å²) in [5.74, 6) is 0. The van der Waals surface area contributed by atoms with Crippen LogP contribution in [0.5, 0.6) is 0 Å². The molecule has 18 heavy (non-hydrogen) atoms. The average molecular weight is 335 g/mol. The summed E-state index contributed by atoms with van der Waals surface area (Å²) in [5.41, 5.74) is 0.915. The van der Waals surface area contributed by atoms with Gasteiger partial charge in [-0.05, 0) is 34.8 Å². The Bertz CT molecular complexity index is 466. The van der Waals surface area contributed by atoms with E-state index in [-0.39, 0.29) is 5.41 Å². The van der Waals surface area contributed by atoms with Gasteiger partial charge in [-0.2, -0.15) is 0 Å². The van der Waals surface area contributed by atoms with E-state index >= 15 is 0 Å². The van der Waals surface area contributed by atoms with Crippen molar-refractivity contribution < 1.29 is 9.90 Å². The van der Waals surface area contributed by atoms with Crippen LogP contribution in [0.3, 0.4) is 0 Å². The predicted molar refractivity (Wildman–Crippen MR) is 73.1 cm³/mol. The molecular weight excluding hydrogens is 321 g/mol. The highest BCUT2D eigenvalue weighted by molar-refractivity contribution is 9.10. The molecule has 1 aromatic heterocycles. The lowest BCUT2D eigenvalue weighted by molar-refractivity contribution is 0.192. The van der Waals surface area contributed by atoms with E-state index in [1.807, 2.05) is 6.07 Å². The van der Waals surface area contributed by atoms with Crippen LogP contribution in [-0.4, -0.2) is 29.3 Å². The first-order chi connectivity index (χ1) is 8.51. The standard InChI is InChI=1S/C11H13BrClN3O2/c12-8-3-7(4-14-9(8)13)15-5-11(1-2-11)6-16-10(17)18/h3-4,15-16H,1-2,5-6H2,(H,17,18). The Labute approximate surface area is 118 Å². The molecule has 0 spiro atoms. The smallest absolute Gasteiger partial charge is 0.404 e. The van der Waals surface area contributed by atoms with Gasteiger partial charge in [0.1, 0.15) is 5.15 Å². The molecule has 2 rings (SSSR count). The Morgan fingerprint density at radius 2 is 2.28 bits per heavy atom. The van der Waals surface area contributed by atoms with Gasteiger partial charge in [0.05, 0.1) is 16.4 Å². The van der Waals surface area contributed by atoms with Crippen LogP contribution in [0.25, 0.3) is 0 Å². The van der Waals surface area contributed by atoms with Crippen LogP contribution in [0, 0.1) is 5.41 Å². The molecule has 1 amide bonds. The van der Waals surface area contributed by atoms with Crippen LogP contribution in [-0.2, 0) is 0 Å². The summed E-state index contributed by atoms with van der Waals surface area (Å²) in [5, 5.41) is 14.7. The minimum absolute atomic E-state index is 0.0461. The van der Waals surface area contributed by atoms with E-state index in [0.29, 0.717) is 11.7 Å². The Morgan fingerprint density at radius 3 is 2.83 bits per heavy atom. The second-order valence-electron chi connectivity index (χ2n) is 4.51. The van der Waals surface area contributed by atoms with Gasteiger partial charge in [0, 0.05) is 18.5 Å². The zero-order valence-electron chi connectivity index (χ0n) is 9.54. The third-order valence-corrected chi connectivity index (χ3v) is 4.17. The number of nitrogens with zero attached hydrogens (tertiary/aromatic N) is 1. The maximum atomic E-state index is 10.5. The number of rotatable bonds is 5. The molecule has 1 heterocycles. The number of hydrogen-bond donors (Lipinski definition) is 3. The van der Waals surface area contributed by atoms with Crippen LogP contribution in [0.15, 0.2) is 16.7 Å².